The molecule has 0 heterocycles. The topological polar surface area (TPSA) is 81.7 Å². The molecule has 0 bridgehead atoms. The highest BCUT2D eigenvalue weighted by Crippen LogP contribution is 2.20. The summed E-state index contributed by atoms with van der Waals surface area (Å²) < 4.78 is 0.770. The maximum Gasteiger partial charge on any atom is 0.243 e. The second kappa shape index (κ2) is 9.94. The molecule has 0 radical (unpaired) electrons. The van der Waals surface area contributed by atoms with E-state index in [0.717, 1.165) is 10.2 Å². The molecule has 0 saturated carbocycles. The number of amides is 2. The first kappa shape index (κ1) is 19.9. The first-order chi connectivity index (χ1) is 12.5. The number of carbonyl (C=O) groups excluding carboxylic acids is 2. The van der Waals surface area contributed by atoms with Crippen LogP contribution in [0.4, 0.5) is 11.4 Å². The molecule has 3 N–H and O–H groups in total. The molecule has 138 valence electrons. The summed E-state index contributed by atoms with van der Waals surface area (Å²) in [5.74, 6) is -0.608. The van der Waals surface area contributed by atoms with Crippen LogP contribution in [0.2, 0.25) is 0 Å². The molecule has 6 nitrogen and oxygen atoms in total. The van der Waals surface area contributed by atoms with Gasteiger partial charge in [-0.25, -0.2) is 0 Å². The summed E-state index contributed by atoms with van der Waals surface area (Å²) >= 11 is 3.35. The van der Waals surface area contributed by atoms with Crippen LogP contribution >= 0.6 is 15.9 Å². The molecule has 0 spiro atoms. The van der Waals surface area contributed by atoms with E-state index in [9.17, 15) is 14.7 Å². The highest BCUT2D eigenvalue weighted by molar-refractivity contribution is 9.10. The number of nitrogens with one attached hydrogen (secondary N) is 2. The van der Waals surface area contributed by atoms with E-state index in [1.54, 1.807) is 17.9 Å². The zero-order valence-electron chi connectivity index (χ0n) is 14.5. The minimum atomic E-state index is -0.582. The number of carbonyl (C=O) groups is 2. The van der Waals surface area contributed by atoms with Crippen LogP contribution in [0.25, 0.3) is 0 Å². The van der Waals surface area contributed by atoms with Gasteiger partial charge >= 0.3 is 0 Å². The minimum Gasteiger partial charge on any atom is -0.392 e. The summed E-state index contributed by atoms with van der Waals surface area (Å²) in [6.45, 7) is 1.91. The number of hydrogen-bond acceptors (Lipinski definition) is 4. The van der Waals surface area contributed by atoms with Crippen molar-refractivity contribution in [3.63, 3.8) is 0 Å². The summed E-state index contributed by atoms with van der Waals surface area (Å²) in [5, 5.41) is 15.0. The number of anilines is 2. The number of para-hydroxylation sites is 2. The molecular formula is C19H22BrN3O3. The van der Waals surface area contributed by atoms with Crippen LogP contribution in [-0.2, 0) is 9.59 Å². The number of nitrogens with zero attached hydrogens (tertiary/aromatic N) is 1. The minimum absolute atomic E-state index is 0.0528. The zero-order chi connectivity index (χ0) is 18.9. The van der Waals surface area contributed by atoms with E-state index in [2.05, 4.69) is 26.6 Å². The molecule has 26 heavy (non-hydrogen) atoms. The highest BCUT2D eigenvalue weighted by atomic mass is 79.9. The lowest BCUT2D eigenvalue weighted by atomic mass is 10.2. The molecule has 2 rings (SSSR count). The lowest BCUT2D eigenvalue weighted by molar-refractivity contribution is -0.123. The third-order valence-electron chi connectivity index (χ3n) is 3.53. The lowest BCUT2D eigenvalue weighted by Crippen LogP contribution is -2.42. The second-order valence-electron chi connectivity index (χ2n) is 5.87. The Morgan fingerprint density at radius 1 is 1.08 bits per heavy atom. The molecule has 0 aromatic heterocycles. The Morgan fingerprint density at radius 3 is 2.38 bits per heavy atom. The molecule has 7 heteroatoms. The molecule has 2 aromatic carbocycles. The van der Waals surface area contributed by atoms with Crippen LogP contribution in [0, 0.1) is 0 Å². The van der Waals surface area contributed by atoms with E-state index in [1.807, 2.05) is 48.5 Å². The quantitative estimate of drug-likeness (QED) is 0.613. The van der Waals surface area contributed by atoms with Gasteiger partial charge in [-0.3, -0.25) is 9.59 Å². The van der Waals surface area contributed by atoms with Gasteiger partial charge in [0.05, 0.1) is 24.9 Å². The zero-order valence-corrected chi connectivity index (χ0v) is 16.1. The van der Waals surface area contributed by atoms with Gasteiger partial charge < -0.3 is 20.6 Å². The van der Waals surface area contributed by atoms with Crippen molar-refractivity contribution in [3.05, 3.63) is 59.1 Å². The van der Waals surface area contributed by atoms with Crippen molar-refractivity contribution < 1.29 is 14.7 Å². The van der Waals surface area contributed by atoms with E-state index in [-0.39, 0.29) is 24.9 Å². The fourth-order valence-corrected chi connectivity index (χ4v) is 2.77. The Hall–Kier alpha value is -2.38. The van der Waals surface area contributed by atoms with E-state index < -0.39 is 6.10 Å². The SMILES string of the molecule is CC(O)CN(CC(=O)NCC(=O)Nc1ccccc1Br)c1ccccc1. The second-order valence-corrected chi connectivity index (χ2v) is 6.72. The average molecular weight is 420 g/mol. The number of aliphatic hydroxyl groups is 1. The Balaban J connectivity index is 1.87. The predicted octanol–water partition coefficient (Wildman–Crippen LogP) is 2.39. The van der Waals surface area contributed by atoms with Gasteiger partial charge in [0.15, 0.2) is 0 Å². The van der Waals surface area contributed by atoms with Gasteiger partial charge in [0.1, 0.15) is 0 Å². The molecule has 0 aliphatic rings. The van der Waals surface area contributed by atoms with E-state index >= 15 is 0 Å². The fraction of sp³-hybridized carbons (Fsp3) is 0.263. The summed E-state index contributed by atoms with van der Waals surface area (Å²) in [6.07, 6.45) is -0.582. The normalized spacial score (nSPS) is 11.5. The third kappa shape index (κ3) is 6.50. The molecule has 1 unspecified atom stereocenters. The summed E-state index contributed by atoms with van der Waals surface area (Å²) in [7, 11) is 0. The van der Waals surface area contributed by atoms with Crippen molar-refractivity contribution in [2.45, 2.75) is 13.0 Å². The largest absolute Gasteiger partial charge is 0.392 e. The van der Waals surface area contributed by atoms with Gasteiger partial charge in [0, 0.05) is 16.7 Å². The average Bonchev–Trinajstić information content (AvgIpc) is 2.62. The molecule has 0 aliphatic heterocycles. The number of benzene rings is 2. The van der Waals surface area contributed by atoms with E-state index in [0.29, 0.717) is 12.2 Å². The van der Waals surface area contributed by atoms with Gasteiger partial charge in [-0.2, -0.15) is 0 Å². The maximum atomic E-state index is 12.2. The van der Waals surface area contributed by atoms with Gasteiger partial charge in [-0.1, -0.05) is 30.3 Å². The first-order valence-corrected chi connectivity index (χ1v) is 9.04. The third-order valence-corrected chi connectivity index (χ3v) is 4.23. The van der Waals surface area contributed by atoms with Crippen molar-refractivity contribution in [1.29, 1.82) is 0 Å². The summed E-state index contributed by atoms with van der Waals surface area (Å²) in [6, 6.07) is 16.6. The van der Waals surface area contributed by atoms with Gasteiger partial charge in [0.2, 0.25) is 11.8 Å². The van der Waals surface area contributed by atoms with Crippen molar-refractivity contribution in [2.75, 3.05) is 29.9 Å². The summed E-state index contributed by atoms with van der Waals surface area (Å²) in [5.41, 5.74) is 1.48. The molecule has 0 aliphatic carbocycles. The monoisotopic (exact) mass is 419 g/mol. The van der Waals surface area contributed by atoms with E-state index in [4.69, 9.17) is 0 Å². The van der Waals surface area contributed by atoms with Gasteiger partial charge in [-0.05, 0) is 47.1 Å². The van der Waals surface area contributed by atoms with Crippen LogP contribution in [-0.4, -0.2) is 42.7 Å². The number of rotatable bonds is 8. The molecule has 2 aromatic rings. The molecule has 0 saturated heterocycles. The molecule has 0 fully saturated rings. The van der Waals surface area contributed by atoms with Crippen LogP contribution < -0.4 is 15.5 Å². The smallest absolute Gasteiger partial charge is 0.243 e. The van der Waals surface area contributed by atoms with Crippen LogP contribution in [0.15, 0.2) is 59.1 Å². The van der Waals surface area contributed by atoms with Gasteiger partial charge in [-0.15, -0.1) is 0 Å². The van der Waals surface area contributed by atoms with Crippen LogP contribution in [0.1, 0.15) is 6.92 Å². The van der Waals surface area contributed by atoms with E-state index in [1.165, 1.54) is 0 Å². The molecular weight excluding hydrogens is 398 g/mol. The Labute approximate surface area is 161 Å². The molecule has 2 amide bonds. The van der Waals surface area contributed by atoms with Crippen LogP contribution in [0.5, 0.6) is 0 Å². The standard InChI is InChI=1S/C19H22BrN3O3/c1-14(24)12-23(15-7-3-2-4-8-15)13-19(26)21-11-18(25)22-17-10-6-5-9-16(17)20/h2-10,14,24H,11-13H2,1H3,(H,21,26)(H,22,25). The van der Waals surface area contributed by atoms with Crippen molar-refractivity contribution >= 4 is 39.1 Å². The van der Waals surface area contributed by atoms with Crippen molar-refractivity contribution in [1.82, 2.24) is 5.32 Å². The highest BCUT2D eigenvalue weighted by Gasteiger charge is 2.14. The number of aliphatic hydroxyl groups excluding tert-OH is 1. The molecule has 1 atom stereocenters. The Kier molecular flexibility index (Phi) is 7.62. The maximum absolute atomic E-state index is 12.2. The van der Waals surface area contributed by atoms with Crippen molar-refractivity contribution in [2.24, 2.45) is 0 Å². The van der Waals surface area contributed by atoms with Crippen molar-refractivity contribution in [3.8, 4) is 0 Å². The number of hydrogen-bond donors (Lipinski definition) is 3. The number of halogens is 1. The van der Waals surface area contributed by atoms with Crippen LogP contribution in [0.3, 0.4) is 0 Å². The van der Waals surface area contributed by atoms with Gasteiger partial charge in [0.25, 0.3) is 0 Å². The Bertz CT molecular complexity index is 738. The summed E-state index contributed by atoms with van der Waals surface area (Å²) in [4.78, 5) is 26.0. The predicted molar refractivity (Wildman–Crippen MR) is 106 cm³/mol. The fourth-order valence-electron chi connectivity index (χ4n) is 2.38. The lowest BCUT2D eigenvalue weighted by Gasteiger charge is -2.25. The first-order valence-electron chi connectivity index (χ1n) is 8.25. The Morgan fingerprint density at radius 2 is 1.73 bits per heavy atom.